The summed E-state index contributed by atoms with van der Waals surface area (Å²) in [5.41, 5.74) is 0.620. The monoisotopic (exact) mass is 388 g/mol. The third-order valence-electron chi connectivity index (χ3n) is 6.03. The summed E-state index contributed by atoms with van der Waals surface area (Å²) in [6.45, 7) is 1.80. The number of ether oxygens (including phenoxy) is 2. The van der Waals surface area contributed by atoms with E-state index in [1.807, 2.05) is 0 Å². The van der Waals surface area contributed by atoms with Gasteiger partial charge in [-0.05, 0) is 50.7 Å². The molecule has 0 unspecified atom stereocenters. The standard InChI is InChI=1S/C22H32N2O4/c1-27-18-11-12-20(28-2)19(15-18)23-21(25)16-7-9-17(10-8-16)22(26)24-13-5-3-4-6-14-24/h11-12,15-17H,3-10,13-14H2,1-2H3,(H,23,25). The minimum Gasteiger partial charge on any atom is -0.497 e. The number of nitrogens with one attached hydrogen (secondary N) is 1. The van der Waals surface area contributed by atoms with Crippen LogP contribution < -0.4 is 14.8 Å². The Balaban J connectivity index is 1.54. The maximum atomic E-state index is 12.8. The molecule has 2 amide bonds. The lowest BCUT2D eigenvalue weighted by molar-refractivity contribution is -0.137. The summed E-state index contributed by atoms with van der Waals surface area (Å²) < 4.78 is 10.6. The van der Waals surface area contributed by atoms with Crippen LogP contribution in [0.4, 0.5) is 5.69 Å². The van der Waals surface area contributed by atoms with Crippen LogP contribution in [-0.4, -0.2) is 44.0 Å². The Labute approximate surface area is 167 Å². The molecule has 0 bridgehead atoms. The maximum Gasteiger partial charge on any atom is 0.227 e. The van der Waals surface area contributed by atoms with E-state index < -0.39 is 0 Å². The Bertz CT molecular complexity index is 675. The Hall–Kier alpha value is -2.24. The molecule has 0 spiro atoms. The summed E-state index contributed by atoms with van der Waals surface area (Å²) in [5, 5.41) is 2.98. The van der Waals surface area contributed by atoms with Crippen LogP contribution in [0.25, 0.3) is 0 Å². The molecule has 1 aliphatic heterocycles. The fourth-order valence-electron chi connectivity index (χ4n) is 4.30. The van der Waals surface area contributed by atoms with Crippen molar-refractivity contribution in [3.8, 4) is 11.5 Å². The minimum absolute atomic E-state index is 0.00720. The first-order valence-corrected chi connectivity index (χ1v) is 10.4. The molecule has 2 fully saturated rings. The second-order valence-electron chi connectivity index (χ2n) is 7.84. The van der Waals surface area contributed by atoms with E-state index >= 15 is 0 Å². The van der Waals surface area contributed by atoms with Crippen LogP contribution in [0.2, 0.25) is 0 Å². The topological polar surface area (TPSA) is 67.9 Å². The van der Waals surface area contributed by atoms with E-state index in [9.17, 15) is 9.59 Å². The molecular weight excluding hydrogens is 356 g/mol. The highest BCUT2D eigenvalue weighted by Gasteiger charge is 2.32. The minimum atomic E-state index is -0.0657. The van der Waals surface area contributed by atoms with Crippen molar-refractivity contribution in [3.05, 3.63) is 18.2 Å². The van der Waals surface area contributed by atoms with Crippen LogP contribution in [0.15, 0.2) is 18.2 Å². The van der Waals surface area contributed by atoms with Gasteiger partial charge in [0.25, 0.3) is 0 Å². The predicted octanol–water partition coefficient (Wildman–Crippen LogP) is 3.85. The lowest BCUT2D eigenvalue weighted by atomic mass is 9.81. The van der Waals surface area contributed by atoms with Gasteiger partial charge in [0.1, 0.15) is 11.5 Å². The average Bonchev–Trinajstić information content (AvgIpc) is 3.02. The molecule has 0 atom stereocenters. The highest BCUT2D eigenvalue weighted by molar-refractivity contribution is 5.94. The molecule has 6 heteroatoms. The van der Waals surface area contributed by atoms with Crippen molar-refractivity contribution in [2.45, 2.75) is 51.4 Å². The number of methoxy groups -OCH3 is 2. The normalized spacial score (nSPS) is 22.9. The molecule has 28 heavy (non-hydrogen) atoms. The largest absolute Gasteiger partial charge is 0.497 e. The molecule has 1 heterocycles. The number of anilines is 1. The number of likely N-dealkylation sites (tertiary alicyclic amines) is 1. The summed E-state index contributed by atoms with van der Waals surface area (Å²) in [7, 11) is 3.17. The van der Waals surface area contributed by atoms with E-state index in [2.05, 4.69) is 10.2 Å². The number of nitrogens with zero attached hydrogens (tertiary/aromatic N) is 1. The van der Waals surface area contributed by atoms with Crippen LogP contribution in [0.5, 0.6) is 11.5 Å². The second-order valence-corrected chi connectivity index (χ2v) is 7.84. The third-order valence-corrected chi connectivity index (χ3v) is 6.03. The zero-order chi connectivity index (χ0) is 19.9. The summed E-state index contributed by atoms with van der Waals surface area (Å²) in [6.07, 6.45) is 7.78. The van der Waals surface area contributed by atoms with Crippen LogP contribution in [0.1, 0.15) is 51.4 Å². The van der Waals surface area contributed by atoms with Gasteiger partial charge in [0, 0.05) is 31.0 Å². The number of rotatable bonds is 5. The first kappa shape index (κ1) is 20.5. The van der Waals surface area contributed by atoms with Gasteiger partial charge in [0.15, 0.2) is 0 Å². The molecule has 6 nitrogen and oxygen atoms in total. The van der Waals surface area contributed by atoms with Gasteiger partial charge in [-0.15, -0.1) is 0 Å². The van der Waals surface area contributed by atoms with Crippen molar-refractivity contribution < 1.29 is 19.1 Å². The molecular formula is C22H32N2O4. The van der Waals surface area contributed by atoms with E-state index in [0.29, 0.717) is 23.1 Å². The molecule has 2 aliphatic rings. The van der Waals surface area contributed by atoms with Gasteiger partial charge in [-0.3, -0.25) is 9.59 Å². The first-order valence-electron chi connectivity index (χ1n) is 10.4. The lowest BCUT2D eigenvalue weighted by Crippen LogP contribution is -2.39. The van der Waals surface area contributed by atoms with Crippen LogP contribution in [0, 0.1) is 11.8 Å². The Morgan fingerprint density at radius 2 is 1.57 bits per heavy atom. The molecule has 0 radical (unpaired) electrons. The van der Waals surface area contributed by atoms with Crippen molar-refractivity contribution in [2.24, 2.45) is 11.8 Å². The van der Waals surface area contributed by atoms with Gasteiger partial charge < -0.3 is 19.7 Å². The molecule has 1 saturated heterocycles. The number of benzene rings is 1. The van der Waals surface area contributed by atoms with Crippen molar-refractivity contribution in [2.75, 3.05) is 32.6 Å². The fraction of sp³-hybridized carbons (Fsp3) is 0.636. The van der Waals surface area contributed by atoms with E-state index in [-0.39, 0.29) is 17.7 Å². The van der Waals surface area contributed by atoms with Crippen LogP contribution in [0.3, 0.4) is 0 Å². The Morgan fingerprint density at radius 1 is 0.929 bits per heavy atom. The van der Waals surface area contributed by atoms with E-state index in [0.717, 1.165) is 51.6 Å². The van der Waals surface area contributed by atoms with E-state index in [1.165, 1.54) is 12.8 Å². The molecule has 0 aromatic heterocycles. The number of amides is 2. The van der Waals surface area contributed by atoms with E-state index in [4.69, 9.17) is 9.47 Å². The van der Waals surface area contributed by atoms with Gasteiger partial charge in [-0.2, -0.15) is 0 Å². The predicted molar refractivity (Wildman–Crippen MR) is 109 cm³/mol. The second kappa shape index (κ2) is 9.80. The first-order chi connectivity index (χ1) is 13.6. The number of carbonyl (C=O) groups is 2. The van der Waals surface area contributed by atoms with Gasteiger partial charge in [0.2, 0.25) is 11.8 Å². The maximum absolute atomic E-state index is 12.8. The fourth-order valence-corrected chi connectivity index (χ4v) is 4.30. The van der Waals surface area contributed by atoms with Gasteiger partial charge >= 0.3 is 0 Å². The highest BCUT2D eigenvalue weighted by atomic mass is 16.5. The number of hydrogen-bond donors (Lipinski definition) is 1. The van der Waals surface area contributed by atoms with Gasteiger partial charge in [-0.25, -0.2) is 0 Å². The SMILES string of the molecule is COc1ccc(OC)c(NC(=O)C2CCC(C(=O)N3CCCCCC3)CC2)c1. The van der Waals surface area contributed by atoms with E-state index in [1.54, 1.807) is 32.4 Å². The van der Waals surface area contributed by atoms with Gasteiger partial charge in [0.05, 0.1) is 19.9 Å². The summed E-state index contributed by atoms with van der Waals surface area (Å²) in [5.74, 6) is 1.59. The number of hydrogen-bond acceptors (Lipinski definition) is 4. The summed E-state index contributed by atoms with van der Waals surface area (Å²) >= 11 is 0. The quantitative estimate of drug-likeness (QED) is 0.832. The molecule has 1 N–H and O–H groups in total. The van der Waals surface area contributed by atoms with Gasteiger partial charge in [-0.1, -0.05) is 12.8 Å². The van der Waals surface area contributed by atoms with Crippen molar-refractivity contribution in [3.63, 3.8) is 0 Å². The number of carbonyl (C=O) groups excluding carboxylic acids is 2. The molecule has 1 aromatic rings. The average molecular weight is 389 g/mol. The van der Waals surface area contributed by atoms with Crippen molar-refractivity contribution >= 4 is 17.5 Å². The molecule has 1 aliphatic carbocycles. The smallest absolute Gasteiger partial charge is 0.227 e. The molecule has 1 saturated carbocycles. The van der Waals surface area contributed by atoms with Crippen molar-refractivity contribution in [1.82, 2.24) is 4.90 Å². The summed E-state index contributed by atoms with van der Waals surface area (Å²) in [4.78, 5) is 27.6. The zero-order valence-electron chi connectivity index (χ0n) is 17.0. The zero-order valence-corrected chi connectivity index (χ0v) is 17.0. The lowest BCUT2D eigenvalue weighted by Gasteiger charge is -2.31. The van der Waals surface area contributed by atoms with Crippen LogP contribution in [-0.2, 0) is 9.59 Å². The third kappa shape index (κ3) is 4.97. The van der Waals surface area contributed by atoms with Crippen LogP contribution >= 0.6 is 0 Å². The van der Waals surface area contributed by atoms with Crippen molar-refractivity contribution in [1.29, 1.82) is 0 Å². The molecule has 1 aromatic carbocycles. The highest BCUT2D eigenvalue weighted by Crippen LogP contribution is 2.34. The molecule has 3 rings (SSSR count). The summed E-state index contributed by atoms with van der Waals surface area (Å²) in [6, 6.07) is 5.35. The Morgan fingerprint density at radius 3 is 2.18 bits per heavy atom. The Kier molecular flexibility index (Phi) is 7.18. The molecule has 154 valence electrons.